The standard InChI is InChI=1S/C10H14O3S/c1-3-7(2)13-6-8-4-5-14-9(8)10(11)12/h4-5,7H,3,6H2,1-2H3,(H,11,12). The highest BCUT2D eigenvalue weighted by Gasteiger charge is 2.12. The molecule has 0 aliphatic heterocycles. The van der Waals surface area contributed by atoms with Gasteiger partial charge in [-0.1, -0.05) is 6.92 Å². The molecule has 0 saturated heterocycles. The Balaban J connectivity index is 2.58. The van der Waals surface area contributed by atoms with Crippen LogP contribution in [0.25, 0.3) is 0 Å². The lowest BCUT2D eigenvalue weighted by atomic mass is 10.2. The molecule has 78 valence electrons. The fraction of sp³-hybridized carbons (Fsp3) is 0.500. The minimum Gasteiger partial charge on any atom is -0.477 e. The van der Waals surface area contributed by atoms with Crippen LogP contribution in [0.2, 0.25) is 0 Å². The maximum absolute atomic E-state index is 10.8. The van der Waals surface area contributed by atoms with Crippen LogP contribution in [0.4, 0.5) is 0 Å². The van der Waals surface area contributed by atoms with Crippen molar-refractivity contribution in [2.24, 2.45) is 0 Å². The summed E-state index contributed by atoms with van der Waals surface area (Å²) in [4.78, 5) is 11.1. The summed E-state index contributed by atoms with van der Waals surface area (Å²) in [6.45, 7) is 4.41. The predicted octanol–water partition coefficient (Wildman–Crippen LogP) is 2.76. The first-order valence-electron chi connectivity index (χ1n) is 4.56. The molecule has 1 atom stereocenters. The second-order valence-electron chi connectivity index (χ2n) is 3.11. The molecule has 0 radical (unpaired) electrons. The van der Waals surface area contributed by atoms with Crippen LogP contribution in [0.15, 0.2) is 11.4 Å². The summed E-state index contributed by atoms with van der Waals surface area (Å²) in [5, 5.41) is 10.6. The van der Waals surface area contributed by atoms with Crippen molar-refractivity contribution in [3.05, 3.63) is 21.9 Å². The van der Waals surface area contributed by atoms with Crippen LogP contribution in [0.5, 0.6) is 0 Å². The summed E-state index contributed by atoms with van der Waals surface area (Å²) in [5.41, 5.74) is 0.766. The van der Waals surface area contributed by atoms with Crippen molar-refractivity contribution in [3.8, 4) is 0 Å². The molecule has 1 unspecified atom stereocenters. The molecular formula is C10H14O3S. The first-order valence-corrected chi connectivity index (χ1v) is 5.44. The summed E-state index contributed by atoms with van der Waals surface area (Å²) in [5.74, 6) is -0.872. The monoisotopic (exact) mass is 214 g/mol. The highest BCUT2D eigenvalue weighted by molar-refractivity contribution is 7.12. The van der Waals surface area contributed by atoms with Gasteiger partial charge in [0.1, 0.15) is 4.88 Å². The van der Waals surface area contributed by atoms with E-state index in [1.807, 2.05) is 13.8 Å². The van der Waals surface area contributed by atoms with Crippen molar-refractivity contribution in [3.63, 3.8) is 0 Å². The van der Waals surface area contributed by atoms with E-state index < -0.39 is 5.97 Å². The van der Waals surface area contributed by atoms with Crippen LogP contribution < -0.4 is 0 Å². The molecule has 0 aliphatic rings. The molecule has 4 heteroatoms. The molecule has 14 heavy (non-hydrogen) atoms. The van der Waals surface area contributed by atoms with Crippen LogP contribution in [0.3, 0.4) is 0 Å². The quantitative estimate of drug-likeness (QED) is 0.819. The number of carboxylic acid groups (broad SMARTS) is 1. The van der Waals surface area contributed by atoms with Crippen LogP contribution in [0, 0.1) is 0 Å². The van der Waals surface area contributed by atoms with E-state index in [0.717, 1.165) is 12.0 Å². The predicted molar refractivity (Wildman–Crippen MR) is 55.8 cm³/mol. The molecule has 0 fully saturated rings. The maximum atomic E-state index is 10.8. The van der Waals surface area contributed by atoms with E-state index in [4.69, 9.17) is 9.84 Å². The number of thiophene rings is 1. The maximum Gasteiger partial charge on any atom is 0.346 e. The zero-order valence-corrected chi connectivity index (χ0v) is 9.13. The zero-order valence-electron chi connectivity index (χ0n) is 8.32. The summed E-state index contributed by atoms with van der Waals surface area (Å²) in [7, 11) is 0. The lowest BCUT2D eigenvalue weighted by molar-refractivity contribution is 0.0492. The fourth-order valence-electron chi connectivity index (χ4n) is 0.987. The van der Waals surface area contributed by atoms with Gasteiger partial charge in [0, 0.05) is 5.56 Å². The number of rotatable bonds is 5. The molecule has 1 N–H and O–H groups in total. The molecular weight excluding hydrogens is 200 g/mol. The third kappa shape index (κ3) is 2.82. The van der Waals surface area contributed by atoms with E-state index in [1.165, 1.54) is 11.3 Å². The van der Waals surface area contributed by atoms with Crippen molar-refractivity contribution >= 4 is 17.3 Å². The lowest BCUT2D eigenvalue weighted by Crippen LogP contribution is -2.07. The van der Waals surface area contributed by atoms with Gasteiger partial charge in [-0.3, -0.25) is 0 Å². The van der Waals surface area contributed by atoms with Gasteiger partial charge in [-0.15, -0.1) is 11.3 Å². The molecule has 1 heterocycles. The molecule has 3 nitrogen and oxygen atoms in total. The minimum atomic E-state index is -0.872. The van der Waals surface area contributed by atoms with Gasteiger partial charge < -0.3 is 9.84 Å². The summed E-state index contributed by atoms with van der Waals surface area (Å²) >= 11 is 1.24. The summed E-state index contributed by atoms with van der Waals surface area (Å²) in [6, 6.07) is 1.80. The van der Waals surface area contributed by atoms with Crippen molar-refractivity contribution < 1.29 is 14.6 Å². The Kier molecular flexibility index (Phi) is 4.10. The average Bonchev–Trinajstić information content (AvgIpc) is 2.62. The van der Waals surface area contributed by atoms with Gasteiger partial charge in [-0.2, -0.15) is 0 Å². The largest absolute Gasteiger partial charge is 0.477 e. The van der Waals surface area contributed by atoms with E-state index in [1.54, 1.807) is 11.4 Å². The number of hydrogen-bond acceptors (Lipinski definition) is 3. The Hall–Kier alpha value is -0.870. The van der Waals surface area contributed by atoms with Crippen LogP contribution >= 0.6 is 11.3 Å². The molecule has 1 aromatic heterocycles. The Morgan fingerprint density at radius 1 is 1.71 bits per heavy atom. The number of carbonyl (C=O) groups is 1. The fourth-order valence-corrected chi connectivity index (χ4v) is 1.73. The van der Waals surface area contributed by atoms with Crippen LogP contribution in [-0.2, 0) is 11.3 Å². The highest BCUT2D eigenvalue weighted by Crippen LogP contribution is 2.18. The third-order valence-corrected chi connectivity index (χ3v) is 2.98. The first kappa shape index (κ1) is 11.2. The number of aromatic carboxylic acids is 1. The molecule has 1 rings (SSSR count). The average molecular weight is 214 g/mol. The Morgan fingerprint density at radius 2 is 2.43 bits per heavy atom. The molecule has 0 spiro atoms. The molecule has 0 aromatic carbocycles. The lowest BCUT2D eigenvalue weighted by Gasteiger charge is -2.09. The highest BCUT2D eigenvalue weighted by atomic mass is 32.1. The van der Waals surface area contributed by atoms with Crippen molar-refractivity contribution in [1.82, 2.24) is 0 Å². The first-order chi connectivity index (χ1) is 6.65. The molecule has 0 amide bonds. The minimum absolute atomic E-state index is 0.177. The number of carboxylic acids is 1. The van der Waals surface area contributed by atoms with Gasteiger partial charge in [0.25, 0.3) is 0 Å². The van der Waals surface area contributed by atoms with Crippen molar-refractivity contribution in [2.75, 3.05) is 0 Å². The second kappa shape index (κ2) is 5.12. The molecule has 1 aromatic rings. The van der Waals surface area contributed by atoms with E-state index in [9.17, 15) is 4.79 Å². The van der Waals surface area contributed by atoms with Gasteiger partial charge in [0.15, 0.2) is 0 Å². The normalized spacial score (nSPS) is 12.7. The molecule has 0 bridgehead atoms. The second-order valence-corrected chi connectivity index (χ2v) is 4.03. The Morgan fingerprint density at radius 3 is 3.00 bits per heavy atom. The number of ether oxygens (including phenoxy) is 1. The zero-order chi connectivity index (χ0) is 10.6. The van der Waals surface area contributed by atoms with Crippen LogP contribution in [-0.4, -0.2) is 17.2 Å². The Labute approximate surface area is 87.3 Å². The van der Waals surface area contributed by atoms with Crippen molar-refractivity contribution in [1.29, 1.82) is 0 Å². The van der Waals surface area contributed by atoms with Gasteiger partial charge >= 0.3 is 5.97 Å². The van der Waals surface area contributed by atoms with E-state index in [-0.39, 0.29) is 6.10 Å². The van der Waals surface area contributed by atoms with Gasteiger partial charge in [-0.05, 0) is 24.8 Å². The van der Waals surface area contributed by atoms with Crippen molar-refractivity contribution in [2.45, 2.75) is 33.0 Å². The van der Waals surface area contributed by atoms with Gasteiger partial charge in [0.2, 0.25) is 0 Å². The van der Waals surface area contributed by atoms with Crippen LogP contribution in [0.1, 0.15) is 35.5 Å². The van der Waals surface area contributed by atoms with E-state index in [2.05, 4.69) is 0 Å². The SMILES string of the molecule is CCC(C)OCc1ccsc1C(=O)O. The van der Waals surface area contributed by atoms with E-state index >= 15 is 0 Å². The smallest absolute Gasteiger partial charge is 0.346 e. The van der Waals surface area contributed by atoms with E-state index in [0.29, 0.717) is 11.5 Å². The summed E-state index contributed by atoms with van der Waals surface area (Å²) in [6.07, 6.45) is 1.11. The van der Waals surface area contributed by atoms with Gasteiger partial charge in [-0.25, -0.2) is 4.79 Å². The topological polar surface area (TPSA) is 46.5 Å². The Bertz CT molecular complexity index is 306. The molecule has 0 saturated carbocycles. The summed E-state index contributed by atoms with van der Waals surface area (Å²) < 4.78 is 5.47. The molecule has 0 aliphatic carbocycles. The third-order valence-electron chi connectivity index (χ3n) is 2.04. The van der Waals surface area contributed by atoms with Gasteiger partial charge in [0.05, 0.1) is 12.7 Å². The number of hydrogen-bond donors (Lipinski definition) is 1.